The summed E-state index contributed by atoms with van der Waals surface area (Å²) in [5.74, 6) is 3.77. The molecule has 0 fully saturated rings. The van der Waals surface area contributed by atoms with Crippen molar-refractivity contribution >= 4 is 11.8 Å². The van der Waals surface area contributed by atoms with Crippen LogP contribution < -0.4 is 9.47 Å². The second-order valence-corrected chi connectivity index (χ2v) is 7.83. The Balaban J connectivity index is 0.000000194. The molecule has 0 aromatic heterocycles. The lowest BCUT2D eigenvalue weighted by Crippen LogP contribution is -1.92. The fourth-order valence-electron chi connectivity index (χ4n) is 3.18. The minimum atomic E-state index is 0.933. The zero-order valence-corrected chi connectivity index (χ0v) is 18.8. The summed E-state index contributed by atoms with van der Waals surface area (Å²) < 4.78 is 10.7. The van der Waals surface area contributed by atoms with Crippen LogP contribution in [0.4, 0.5) is 0 Å². The van der Waals surface area contributed by atoms with Gasteiger partial charge in [-0.3, -0.25) is 0 Å². The fraction of sp³-hybridized carbons (Fsp3) is 0.143. The first kappa shape index (κ1) is 22.5. The number of methoxy groups -OCH3 is 2. The van der Waals surface area contributed by atoms with Gasteiger partial charge in [0.15, 0.2) is 0 Å². The SMILES string of the molecule is COc1ccccc1CSCc1ccccc1OC.c1ccc(-c2ccccc2)cc1. The average molecular weight is 429 g/mol. The first-order chi connectivity index (χ1) is 15.3. The van der Waals surface area contributed by atoms with Crippen molar-refractivity contribution in [1.82, 2.24) is 0 Å². The molecule has 0 spiro atoms. The summed E-state index contributed by atoms with van der Waals surface area (Å²) in [5.41, 5.74) is 5.01. The molecule has 4 aromatic rings. The average Bonchev–Trinajstić information content (AvgIpc) is 2.86. The maximum atomic E-state index is 5.35. The maximum Gasteiger partial charge on any atom is 0.122 e. The summed E-state index contributed by atoms with van der Waals surface area (Å²) in [5, 5.41) is 0. The van der Waals surface area contributed by atoms with E-state index in [2.05, 4.69) is 60.7 Å². The highest BCUT2D eigenvalue weighted by molar-refractivity contribution is 7.97. The van der Waals surface area contributed by atoms with E-state index in [4.69, 9.17) is 9.47 Å². The van der Waals surface area contributed by atoms with Crippen LogP contribution in [0, 0.1) is 0 Å². The molecule has 0 unspecified atom stereocenters. The molecular weight excluding hydrogens is 400 g/mol. The van der Waals surface area contributed by atoms with Gasteiger partial charge in [0.05, 0.1) is 14.2 Å². The minimum Gasteiger partial charge on any atom is -0.496 e. The van der Waals surface area contributed by atoms with Crippen LogP contribution in [0.5, 0.6) is 11.5 Å². The monoisotopic (exact) mass is 428 g/mol. The van der Waals surface area contributed by atoms with Gasteiger partial charge in [0.25, 0.3) is 0 Å². The smallest absolute Gasteiger partial charge is 0.122 e. The van der Waals surface area contributed by atoms with E-state index in [9.17, 15) is 0 Å². The molecular formula is C28H28O2S. The summed E-state index contributed by atoms with van der Waals surface area (Å²) in [6.45, 7) is 0. The molecule has 158 valence electrons. The minimum absolute atomic E-state index is 0.933. The number of benzene rings is 4. The Labute approximate surface area is 189 Å². The summed E-state index contributed by atoms with van der Waals surface area (Å²) in [6.07, 6.45) is 0. The Kier molecular flexibility index (Phi) is 9.08. The van der Waals surface area contributed by atoms with Crippen molar-refractivity contribution in [3.8, 4) is 22.6 Å². The van der Waals surface area contributed by atoms with Crippen LogP contribution >= 0.6 is 11.8 Å². The molecule has 0 N–H and O–H groups in total. The van der Waals surface area contributed by atoms with Gasteiger partial charge in [-0.05, 0) is 23.3 Å². The highest BCUT2D eigenvalue weighted by Gasteiger charge is 2.04. The Morgan fingerprint density at radius 2 is 0.839 bits per heavy atom. The summed E-state index contributed by atoms with van der Waals surface area (Å²) in [4.78, 5) is 0. The highest BCUT2D eigenvalue weighted by Crippen LogP contribution is 2.28. The van der Waals surface area contributed by atoms with E-state index < -0.39 is 0 Å². The third kappa shape index (κ3) is 6.94. The molecule has 0 bridgehead atoms. The number of thioether (sulfide) groups is 1. The van der Waals surface area contributed by atoms with Gasteiger partial charge in [0.1, 0.15) is 11.5 Å². The number of ether oxygens (including phenoxy) is 2. The molecule has 0 saturated heterocycles. The first-order valence-electron chi connectivity index (χ1n) is 10.2. The van der Waals surface area contributed by atoms with Crippen molar-refractivity contribution < 1.29 is 9.47 Å². The van der Waals surface area contributed by atoms with Crippen molar-refractivity contribution in [2.24, 2.45) is 0 Å². The van der Waals surface area contributed by atoms with Gasteiger partial charge in [-0.15, -0.1) is 0 Å². The molecule has 3 heteroatoms. The maximum absolute atomic E-state index is 5.35. The zero-order valence-electron chi connectivity index (χ0n) is 18.0. The van der Waals surface area contributed by atoms with Gasteiger partial charge >= 0.3 is 0 Å². The highest BCUT2D eigenvalue weighted by atomic mass is 32.2. The molecule has 0 aliphatic carbocycles. The van der Waals surface area contributed by atoms with Crippen LogP contribution in [-0.2, 0) is 11.5 Å². The quantitative estimate of drug-likeness (QED) is 0.304. The number of para-hydroxylation sites is 2. The Morgan fingerprint density at radius 1 is 0.484 bits per heavy atom. The van der Waals surface area contributed by atoms with Crippen molar-refractivity contribution in [2.75, 3.05) is 14.2 Å². The molecule has 0 radical (unpaired) electrons. The summed E-state index contributed by atoms with van der Waals surface area (Å²) in [6, 6.07) is 37.1. The Bertz CT molecular complexity index is 948. The molecule has 2 nitrogen and oxygen atoms in total. The van der Waals surface area contributed by atoms with Gasteiger partial charge < -0.3 is 9.47 Å². The largest absolute Gasteiger partial charge is 0.496 e. The molecule has 0 atom stereocenters. The van der Waals surface area contributed by atoms with E-state index in [0.717, 1.165) is 23.0 Å². The lowest BCUT2D eigenvalue weighted by Gasteiger charge is -2.09. The van der Waals surface area contributed by atoms with E-state index in [-0.39, 0.29) is 0 Å². The van der Waals surface area contributed by atoms with Crippen LogP contribution in [0.15, 0.2) is 109 Å². The van der Waals surface area contributed by atoms with Crippen LogP contribution in [0.1, 0.15) is 11.1 Å². The summed E-state index contributed by atoms with van der Waals surface area (Å²) in [7, 11) is 3.42. The van der Waals surface area contributed by atoms with E-state index in [1.54, 1.807) is 14.2 Å². The van der Waals surface area contributed by atoms with E-state index in [1.165, 1.54) is 22.3 Å². The molecule has 4 aromatic carbocycles. The van der Waals surface area contributed by atoms with Crippen LogP contribution in [0.25, 0.3) is 11.1 Å². The Morgan fingerprint density at radius 3 is 1.23 bits per heavy atom. The number of hydrogen-bond acceptors (Lipinski definition) is 3. The third-order valence-corrected chi connectivity index (χ3v) is 5.81. The molecule has 31 heavy (non-hydrogen) atoms. The van der Waals surface area contributed by atoms with Gasteiger partial charge in [-0.25, -0.2) is 0 Å². The third-order valence-electron chi connectivity index (χ3n) is 4.78. The molecule has 0 aliphatic rings. The number of hydrogen-bond donors (Lipinski definition) is 0. The van der Waals surface area contributed by atoms with Gasteiger partial charge in [0, 0.05) is 22.6 Å². The predicted octanol–water partition coefficient (Wildman–Crippen LogP) is 7.49. The van der Waals surface area contributed by atoms with Gasteiger partial charge in [-0.1, -0.05) is 97.1 Å². The van der Waals surface area contributed by atoms with E-state index in [1.807, 2.05) is 60.3 Å². The van der Waals surface area contributed by atoms with Gasteiger partial charge in [0.2, 0.25) is 0 Å². The molecule has 0 heterocycles. The van der Waals surface area contributed by atoms with Crippen LogP contribution in [0.2, 0.25) is 0 Å². The lowest BCUT2D eigenvalue weighted by atomic mass is 10.1. The summed E-state index contributed by atoms with van der Waals surface area (Å²) >= 11 is 1.86. The topological polar surface area (TPSA) is 18.5 Å². The zero-order chi connectivity index (χ0) is 21.7. The van der Waals surface area contributed by atoms with Crippen molar-refractivity contribution in [2.45, 2.75) is 11.5 Å². The molecule has 0 saturated carbocycles. The second kappa shape index (κ2) is 12.5. The van der Waals surface area contributed by atoms with Crippen molar-refractivity contribution in [3.05, 3.63) is 120 Å². The van der Waals surface area contributed by atoms with Crippen LogP contribution in [-0.4, -0.2) is 14.2 Å². The first-order valence-corrected chi connectivity index (χ1v) is 11.4. The van der Waals surface area contributed by atoms with E-state index >= 15 is 0 Å². The lowest BCUT2D eigenvalue weighted by molar-refractivity contribution is 0.411. The second-order valence-electron chi connectivity index (χ2n) is 6.85. The normalized spacial score (nSPS) is 10.0. The van der Waals surface area contributed by atoms with Crippen molar-refractivity contribution in [1.29, 1.82) is 0 Å². The fourth-order valence-corrected chi connectivity index (χ4v) is 4.20. The molecule has 4 rings (SSSR count). The van der Waals surface area contributed by atoms with Crippen molar-refractivity contribution in [3.63, 3.8) is 0 Å². The predicted molar refractivity (Wildman–Crippen MR) is 133 cm³/mol. The number of rotatable bonds is 7. The Hall–Kier alpha value is -3.17. The van der Waals surface area contributed by atoms with E-state index in [0.29, 0.717) is 0 Å². The standard InChI is InChI=1S/C16H18O2S.C12H10/c1-17-15-9-5-3-7-13(15)11-19-12-14-8-4-6-10-16(14)18-2;1-3-7-11(8-4-1)12-9-5-2-6-10-12/h3-10H,11-12H2,1-2H3;1-10H. The van der Waals surface area contributed by atoms with Crippen LogP contribution in [0.3, 0.4) is 0 Å². The van der Waals surface area contributed by atoms with Gasteiger partial charge in [-0.2, -0.15) is 11.8 Å². The molecule has 0 amide bonds. The molecule has 0 aliphatic heterocycles.